The van der Waals surface area contributed by atoms with Crippen LogP contribution in [0.4, 0.5) is 0 Å². The highest BCUT2D eigenvalue weighted by Crippen LogP contribution is 2.62. The van der Waals surface area contributed by atoms with Crippen LogP contribution >= 0.6 is 45.2 Å². The molecule has 398 valence electrons. The molecule has 5 aliphatic rings. The third-order valence-corrected chi connectivity index (χ3v) is 15.4. The van der Waals surface area contributed by atoms with Crippen molar-refractivity contribution in [3.63, 3.8) is 0 Å². The number of hydrogen-bond acceptors (Lipinski definition) is 11. The summed E-state index contributed by atoms with van der Waals surface area (Å²) in [6, 6.07) is 9.51. The number of methoxy groups -OCH3 is 1. The number of halogens is 2. The van der Waals surface area contributed by atoms with Crippen LogP contribution in [0.2, 0.25) is 0 Å². The normalized spacial score (nSPS) is 21.5. The van der Waals surface area contributed by atoms with Crippen LogP contribution in [0, 0.1) is 42.6 Å². The summed E-state index contributed by atoms with van der Waals surface area (Å²) >= 11 is 4.16. The first-order valence-electron chi connectivity index (χ1n) is 24.2. The maximum atomic E-state index is 12.1. The molecule has 0 saturated heterocycles. The van der Waals surface area contributed by atoms with E-state index in [2.05, 4.69) is 76.6 Å². The van der Waals surface area contributed by atoms with E-state index >= 15 is 0 Å². The van der Waals surface area contributed by atoms with E-state index in [0.29, 0.717) is 67.6 Å². The number of hydrogen-bond donors (Lipinski definition) is 0. The third-order valence-electron chi connectivity index (χ3n) is 13.6. The van der Waals surface area contributed by atoms with E-state index in [9.17, 15) is 19.2 Å². The Labute approximate surface area is 454 Å². The van der Waals surface area contributed by atoms with E-state index in [-0.39, 0.29) is 44.3 Å². The standard InChI is InChI=1S/C17H26O2.C15H16I2O5.C12H20O2.C12H16O2.2CH4/c1-10(2)16(18)19-17(11(3)4)14-6-12-5-13(8-14)9-15(17)7-12;1-7(2)15(19)21-8(3)10-6-11(16)14(20-5)12(17)13(10)22-9(4)18;1-9(2)11(13)14-12(10(3)4)7-5-6-8-12;1-4-11-6-8-12(9-7-11)14-10(3)13-5-2;;/h11-15H,1,5-9H2,2-4H3;6,8H,1H2,2-5H3;10H,1,5-8H2,2-4H3;4,6-10H,1,5H2,2-3H3;2*1H4. The molecule has 5 saturated carbocycles. The monoisotopic (exact) mass is 1210 g/mol. The minimum absolute atomic E-state index is 0. The molecule has 0 aliphatic heterocycles. The second kappa shape index (κ2) is 29.9. The molecule has 0 heterocycles. The van der Waals surface area contributed by atoms with Crippen molar-refractivity contribution in [3.05, 3.63) is 91.6 Å². The van der Waals surface area contributed by atoms with Crippen molar-refractivity contribution in [2.24, 2.45) is 35.5 Å². The molecule has 13 heteroatoms. The molecule has 4 bridgehead atoms. The maximum absolute atomic E-state index is 12.1. The van der Waals surface area contributed by atoms with E-state index in [0.717, 1.165) is 39.6 Å². The number of benzene rings is 2. The Morgan fingerprint density at radius 3 is 1.63 bits per heavy atom. The summed E-state index contributed by atoms with van der Waals surface area (Å²) in [5.41, 5.74) is 2.60. The molecule has 11 nitrogen and oxygen atoms in total. The molecule has 2 atom stereocenters. The van der Waals surface area contributed by atoms with Crippen LogP contribution in [0.25, 0.3) is 6.08 Å². The number of ether oxygens (including phenoxy) is 7. The van der Waals surface area contributed by atoms with Crippen LogP contribution < -0.4 is 14.2 Å². The largest absolute Gasteiger partial charge is 0.494 e. The Balaban J connectivity index is 0.000000477. The molecular formula is C58H86I2O11. The van der Waals surface area contributed by atoms with Gasteiger partial charge < -0.3 is 33.2 Å². The Bertz CT molecular complexity index is 2110. The van der Waals surface area contributed by atoms with Crippen LogP contribution in [0.3, 0.4) is 0 Å². The highest BCUT2D eigenvalue weighted by molar-refractivity contribution is 14.1. The fourth-order valence-electron chi connectivity index (χ4n) is 10.2. The lowest BCUT2D eigenvalue weighted by atomic mass is 9.47. The SMILES string of the molecule is C.C.C=C(C)C(=O)OC(C)c1cc(I)c(OC)c(I)c1OC(C)=O.C=C(C)C(=O)OC1(C(C)C)C2CC3CC(C2)CC1C3.C=C(C)C(=O)OC1(C(C)C)CCCC1.C=Cc1ccc(OC(C)OCC)cc1. The van der Waals surface area contributed by atoms with Crippen molar-refractivity contribution in [1.82, 2.24) is 0 Å². The number of rotatable bonds is 16. The molecule has 71 heavy (non-hydrogen) atoms. The van der Waals surface area contributed by atoms with Crippen molar-refractivity contribution < 1.29 is 52.3 Å². The van der Waals surface area contributed by atoms with Crippen LogP contribution in [0.1, 0.15) is 166 Å². The second-order valence-corrected chi connectivity index (χ2v) is 21.8. The molecule has 0 N–H and O–H groups in total. The van der Waals surface area contributed by atoms with Crippen molar-refractivity contribution in [3.8, 4) is 17.2 Å². The molecule has 2 aromatic rings. The highest BCUT2D eigenvalue weighted by atomic mass is 127. The van der Waals surface area contributed by atoms with Gasteiger partial charge >= 0.3 is 23.9 Å². The zero-order valence-electron chi connectivity index (χ0n) is 43.2. The molecule has 2 aromatic carbocycles. The smallest absolute Gasteiger partial charge is 0.333 e. The van der Waals surface area contributed by atoms with E-state index in [1.165, 1.54) is 51.9 Å². The van der Waals surface area contributed by atoms with Gasteiger partial charge in [0.1, 0.15) is 28.8 Å². The first kappa shape index (κ1) is 65.3. The van der Waals surface area contributed by atoms with Crippen LogP contribution in [-0.4, -0.2) is 55.1 Å². The topological polar surface area (TPSA) is 133 Å². The molecule has 2 unspecified atom stereocenters. The Kier molecular flexibility index (Phi) is 27.5. The van der Waals surface area contributed by atoms with Gasteiger partial charge in [-0.1, -0.05) is 87.1 Å². The molecule has 0 radical (unpaired) electrons. The lowest BCUT2D eigenvalue weighted by molar-refractivity contribution is -0.221. The van der Waals surface area contributed by atoms with Gasteiger partial charge in [-0.3, -0.25) is 4.79 Å². The maximum Gasteiger partial charge on any atom is 0.333 e. The van der Waals surface area contributed by atoms with Crippen molar-refractivity contribution in [2.45, 2.75) is 172 Å². The third kappa shape index (κ3) is 17.7. The molecule has 7 rings (SSSR count). The van der Waals surface area contributed by atoms with Gasteiger partial charge in [-0.25, -0.2) is 14.4 Å². The van der Waals surface area contributed by atoms with Gasteiger partial charge in [0.2, 0.25) is 0 Å². The minimum Gasteiger partial charge on any atom is -0.494 e. The zero-order chi connectivity index (χ0) is 52.0. The van der Waals surface area contributed by atoms with Gasteiger partial charge in [0, 0.05) is 35.8 Å². The van der Waals surface area contributed by atoms with Gasteiger partial charge in [0.25, 0.3) is 0 Å². The summed E-state index contributed by atoms with van der Waals surface area (Å²) in [6.07, 6.45) is 11.9. The average molecular weight is 1210 g/mol. The van der Waals surface area contributed by atoms with E-state index < -0.39 is 18.0 Å². The minimum atomic E-state index is -0.591. The first-order valence-corrected chi connectivity index (χ1v) is 26.4. The summed E-state index contributed by atoms with van der Waals surface area (Å²) in [6.45, 7) is 35.8. The molecule has 0 amide bonds. The first-order chi connectivity index (χ1) is 32.3. The lowest BCUT2D eigenvalue weighted by Gasteiger charge is -2.61. The molecule has 5 fully saturated rings. The summed E-state index contributed by atoms with van der Waals surface area (Å²) in [5.74, 6) is 4.18. The lowest BCUT2D eigenvalue weighted by Crippen LogP contribution is -2.62. The van der Waals surface area contributed by atoms with Gasteiger partial charge in [0.05, 0.1) is 14.3 Å². The summed E-state index contributed by atoms with van der Waals surface area (Å²) in [5, 5.41) is 0. The summed E-state index contributed by atoms with van der Waals surface area (Å²) in [4.78, 5) is 46.7. The van der Waals surface area contributed by atoms with Crippen LogP contribution in [0.5, 0.6) is 17.2 Å². The van der Waals surface area contributed by atoms with Crippen LogP contribution in [0.15, 0.2) is 73.4 Å². The van der Waals surface area contributed by atoms with Gasteiger partial charge in [0.15, 0.2) is 12.0 Å². The molecule has 5 aliphatic carbocycles. The quantitative estimate of drug-likeness (QED) is 0.0397. The molecular weight excluding hydrogens is 1130 g/mol. The number of esters is 4. The zero-order valence-corrected chi connectivity index (χ0v) is 47.5. The average Bonchev–Trinajstić information content (AvgIpc) is 3.76. The van der Waals surface area contributed by atoms with Crippen molar-refractivity contribution in [2.75, 3.05) is 13.7 Å². The Hall–Kier alpha value is -3.70. The van der Waals surface area contributed by atoms with Gasteiger partial charge in [-0.05, 0) is 204 Å². The summed E-state index contributed by atoms with van der Waals surface area (Å²) in [7, 11) is 1.54. The molecule has 0 spiro atoms. The van der Waals surface area contributed by atoms with Gasteiger partial charge in [-0.2, -0.15) is 0 Å². The fourth-order valence-corrected chi connectivity index (χ4v) is 12.5. The second-order valence-electron chi connectivity index (χ2n) is 19.5. The summed E-state index contributed by atoms with van der Waals surface area (Å²) < 4.78 is 39.9. The predicted octanol–water partition coefficient (Wildman–Crippen LogP) is 15.4. The predicted molar refractivity (Wildman–Crippen MR) is 303 cm³/mol. The molecule has 0 aromatic heterocycles. The Morgan fingerprint density at radius 1 is 0.732 bits per heavy atom. The fraction of sp³-hybridized carbons (Fsp3) is 0.586. The van der Waals surface area contributed by atoms with Gasteiger partial charge in [-0.15, -0.1) is 0 Å². The number of carbonyl (C=O) groups excluding carboxylic acids is 4. The van der Waals surface area contributed by atoms with E-state index in [1.807, 2.05) is 60.7 Å². The number of carbonyl (C=O) groups is 4. The van der Waals surface area contributed by atoms with E-state index in [1.54, 1.807) is 46.9 Å². The van der Waals surface area contributed by atoms with E-state index in [4.69, 9.17) is 33.2 Å². The van der Waals surface area contributed by atoms with Crippen LogP contribution in [-0.2, 0) is 38.1 Å². The van der Waals surface area contributed by atoms with Crippen molar-refractivity contribution >= 4 is 75.1 Å². The highest BCUT2D eigenvalue weighted by Gasteiger charge is 2.60. The van der Waals surface area contributed by atoms with Crippen molar-refractivity contribution in [1.29, 1.82) is 0 Å². The Morgan fingerprint density at radius 2 is 1.23 bits per heavy atom.